The number of rotatable bonds is 6. The third-order valence-corrected chi connectivity index (χ3v) is 2.95. The van der Waals surface area contributed by atoms with Crippen molar-refractivity contribution in [3.05, 3.63) is 23.5 Å². The van der Waals surface area contributed by atoms with E-state index in [0.717, 1.165) is 31.9 Å². The van der Waals surface area contributed by atoms with E-state index in [1.54, 1.807) is 6.07 Å². The molecule has 0 aliphatic carbocycles. The highest BCUT2D eigenvalue weighted by Gasteiger charge is 2.11. The molecule has 1 N–H and O–H groups in total. The molecule has 1 aromatic rings. The molecule has 0 aliphatic heterocycles. The summed E-state index contributed by atoms with van der Waals surface area (Å²) in [6.07, 6.45) is 0. The highest BCUT2D eigenvalue weighted by atomic mass is 16.4. The Morgan fingerprint density at radius 1 is 1.38 bits per heavy atom. The van der Waals surface area contributed by atoms with Crippen LogP contribution in [0.3, 0.4) is 0 Å². The zero-order valence-electron chi connectivity index (χ0n) is 10.2. The van der Waals surface area contributed by atoms with Crippen LogP contribution in [0, 0.1) is 6.92 Å². The molecule has 1 heterocycles. The van der Waals surface area contributed by atoms with E-state index in [9.17, 15) is 4.79 Å². The fraction of sp³-hybridized carbons (Fsp3) is 0.583. The zero-order chi connectivity index (χ0) is 12.1. The van der Waals surface area contributed by atoms with E-state index in [-0.39, 0.29) is 0 Å². The van der Waals surface area contributed by atoms with Gasteiger partial charge in [-0.15, -0.1) is 0 Å². The van der Waals surface area contributed by atoms with E-state index in [1.807, 2.05) is 17.6 Å². The molecule has 4 nitrogen and oxygen atoms in total. The van der Waals surface area contributed by atoms with Gasteiger partial charge in [0, 0.05) is 18.8 Å². The van der Waals surface area contributed by atoms with E-state index >= 15 is 0 Å². The summed E-state index contributed by atoms with van der Waals surface area (Å²) in [5.41, 5.74) is 1.38. The summed E-state index contributed by atoms with van der Waals surface area (Å²) in [5, 5.41) is 9.02. The molecular formula is C12H20N2O2. The number of hydrogen-bond acceptors (Lipinski definition) is 2. The number of hydrogen-bond donors (Lipinski definition) is 1. The van der Waals surface area contributed by atoms with Gasteiger partial charge in [0.2, 0.25) is 0 Å². The number of carboxylic acid groups (broad SMARTS) is 1. The zero-order valence-corrected chi connectivity index (χ0v) is 10.2. The third-order valence-electron chi connectivity index (χ3n) is 2.95. The average molecular weight is 224 g/mol. The summed E-state index contributed by atoms with van der Waals surface area (Å²) in [7, 11) is 0. The van der Waals surface area contributed by atoms with Crippen LogP contribution in [-0.2, 0) is 6.54 Å². The Bertz CT molecular complexity index is 354. The van der Waals surface area contributed by atoms with Crippen molar-refractivity contribution < 1.29 is 9.90 Å². The maximum Gasteiger partial charge on any atom is 0.352 e. The minimum Gasteiger partial charge on any atom is -0.477 e. The van der Waals surface area contributed by atoms with Crippen molar-refractivity contribution in [2.24, 2.45) is 0 Å². The lowest BCUT2D eigenvalue weighted by molar-refractivity contribution is 0.0684. The number of aryl methyl sites for hydroxylation is 1. The van der Waals surface area contributed by atoms with Crippen LogP contribution in [0.4, 0.5) is 0 Å². The number of nitrogens with zero attached hydrogens (tertiary/aromatic N) is 2. The molecule has 1 rings (SSSR count). The van der Waals surface area contributed by atoms with Crippen LogP contribution in [-0.4, -0.2) is 40.2 Å². The second kappa shape index (κ2) is 5.70. The summed E-state index contributed by atoms with van der Waals surface area (Å²) in [6.45, 7) is 9.80. The molecule has 90 valence electrons. The molecule has 4 heteroatoms. The van der Waals surface area contributed by atoms with Gasteiger partial charge in [0.25, 0.3) is 0 Å². The van der Waals surface area contributed by atoms with E-state index in [0.29, 0.717) is 5.69 Å². The monoisotopic (exact) mass is 224 g/mol. The summed E-state index contributed by atoms with van der Waals surface area (Å²) < 4.78 is 1.86. The molecule has 0 fully saturated rings. The van der Waals surface area contributed by atoms with Crippen LogP contribution in [0.15, 0.2) is 12.1 Å². The molecule has 0 aromatic carbocycles. The standard InChI is InChI=1S/C12H20N2O2/c1-4-13(5-2)8-9-14-10(3)6-7-11(14)12(15)16/h6-7H,4-5,8-9H2,1-3H3,(H,15,16). The molecule has 0 aliphatic rings. The molecule has 1 aromatic heterocycles. The highest BCUT2D eigenvalue weighted by Crippen LogP contribution is 2.08. The van der Waals surface area contributed by atoms with Crippen molar-refractivity contribution in [1.29, 1.82) is 0 Å². The average Bonchev–Trinajstić information content (AvgIpc) is 2.62. The minimum atomic E-state index is -0.854. The molecule has 0 spiro atoms. The van der Waals surface area contributed by atoms with Crippen molar-refractivity contribution in [2.45, 2.75) is 27.3 Å². The van der Waals surface area contributed by atoms with Gasteiger partial charge >= 0.3 is 5.97 Å². The number of aromatic carboxylic acids is 1. The molecule has 16 heavy (non-hydrogen) atoms. The van der Waals surface area contributed by atoms with E-state index < -0.39 is 5.97 Å². The number of carboxylic acids is 1. The quantitative estimate of drug-likeness (QED) is 0.802. The van der Waals surface area contributed by atoms with Gasteiger partial charge in [-0.1, -0.05) is 13.8 Å². The second-order valence-electron chi connectivity index (χ2n) is 3.84. The lowest BCUT2D eigenvalue weighted by Gasteiger charge is -2.19. The second-order valence-corrected chi connectivity index (χ2v) is 3.84. The van der Waals surface area contributed by atoms with Crippen LogP contribution in [0.5, 0.6) is 0 Å². The van der Waals surface area contributed by atoms with Gasteiger partial charge in [0.1, 0.15) is 5.69 Å². The van der Waals surface area contributed by atoms with Crippen LogP contribution in [0.1, 0.15) is 30.0 Å². The summed E-state index contributed by atoms with van der Waals surface area (Å²) in [5.74, 6) is -0.854. The van der Waals surface area contributed by atoms with Crippen LogP contribution in [0.2, 0.25) is 0 Å². The van der Waals surface area contributed by atoms with Gasteiger partial charge in [0.15, 0.2) is 0 Å². The van der Waals surface area contributed by atoms with E-state index in [2.05, 4.69) is 18.7 Å². The third kappa shape index (κ3) is 2.85. The van der Waals surface area contributed by atoms with Crippen molar-refractivity contribution in [3.63, 3.8) is 0 Å². The Balaban J connectivity index is 2.72. The summed E-state index contributed by atoms with van der Waals surface area (Å²) in [6, 6.07) is 3.52. The molecule has 0 saturated carbocycles. The lowest BCUT2D eigenvalue weighted by atomic mass is 10.4. The largest absolute Gasteiger partial charge is 0.477 e. The topological polar surface area (TPSA) is 45.5 Å². The van der Waals surface area contributed by atoms with Gasteiger partial charge < -0.3 is 14.6 Å². The van der Waals surface area contributed by atoms with Crippen LogP contribution >= 0.6 is 0 Å². The van der Waals surface area contributed by atoms with Gasteiger partial charge in [-0.05, 0) is 32.1 Å². The van der Waals surface area contributed by atoms with Crippen molar-refractivity contribution in [3.8, 4) is 0 Å². The Morgan fingerprint density at radius 2 is 2.00 bits per heavy atom. The van der Waals surface area contributed by atoms with Crippen molar-refractivity contribution in [1.82, 2.24) is 9.47 Å². The van der Waals surface area contributed by atoms with Gasteiger partial charge in [-0.25, -0.2) is 4.79 Å². The fourth-order valence-corrected chi connectivity index (χ4v) is 1.83. The number of carbonyl (C=O) groups is 1. The predicted molar refractivity (Wildman–Crippen MR) is 63.9 cm³/mol. The Labute approximate surface area is 96.5 Å². The molecule has 0 bridgehead atoms. The molecule has 0 unspecified atom stereocenters. The first kappa shape index (κ1) is 12.8. The van der Waals surface area contributed by atoms with Gasteiger partial charge in [-0.3, -0.25) is 0 Å². The number of aromatic nitrogens is 1. The Kier molecular flexibility index (Phi) is 4.55. The highest BCUT2D eigenvalue weighted by molar-refractivity contribution is 5.86. The van der Waals surface area contributed by atoms with Crippen molar-refractivity contribution in [2.75, 3.05) is 19.6 Å². The molecule has 0 atom stereocenters. The smallest absolute Gasteiger partial charge is 0.352 e. The maximum atomic E-state index is 11.0. The summed E-state index contributed by atoms with van der Waals surface area (Å²) >= 11 is 0. The molecule has 0 saturated heterocycles. The SMILES string of the molecule is CCN(CC)CCn1c(C)ccc1C(=O)O. The fourth-order valence-electron chi connectivity index (χ4n) is 1.83. The Morgan fingerprint density at radius 3 is 2.50 bits per heavy atom. The summed E-state index contributed by atoms with van der Waals surface area (Å²) in [4.78, 5) is 13.3. The predicted octanol–water partition coefficient (Wildman–Crippen LogP) is 1.84. The van der Waals surface area contributed by atoms with E-state index in [1.165, 1.54) is 0 Å². The molecular weight excluding hydrogens is 204 g/mol. The minimum absolute atomic E-state index is 0.379. The first-order chi connectivity index (χ1) is 7.60. The van der Waals surface area contributed by atoms with Gasteiger partial charge in [-0.2, -0.15) is 0 Å². The normalized spacial score (nSPS) is 11.0. The maximum absolute atomic E-state index is 11.0. The first-order valence-electron chi connectivity index (χ1n) is 5.71. The Hall–Kier alpha value is -1.29. The van der Waals surface area contributed by atoms with E-state index in [4.69, 9.17) is 5.11 Å². The van der Waals surface area contributed by atoms with Gasteiger partial charge in [0.05, 0.1) is 0 Å². The van der Waals surface area contributed by atoms with Crippen LogP contribution in [0.25, 0.3) is 0 Å². The lowest BCUT2D eigenvalue weighted by Crippen LogP contribution is -2.28. The molecule has 0 amide bonds. The van der Waals surface area contributed by atoms with Crippen LogP contribution < -0.4 is 0 Å². The van der Waals surface area contributed by atoms with Crippen molar-refractivity contribution >= 4 is 5.97 Å². The molecule has 0 radical (unpaired) electrons. The number of likely N-dealkylation sites (N-methyl/N-ethyl adjacent to an activating group) is 1. The first-order valence-corrected chi connectivity index (χ1v) is 5.71.